The highest BCUT2D eigenvalue weighted by atomic mass is 35.5. The predicted molar refractivity (Wildman–Crippen MR) is 89.3 cm³/mol. The summed E-state index contributed by atoms with van der Waals surface area (Å²) in [6.07, 6.45) is 4.13. The fraction of sp³-hybridized carbons (Fsp3) is 0.312. The second-order valence-corrected chi connectivity index (χ2v) is 6.22. The van der Waals surface area contributed by atoms with Gasteiger partial charge in [0.05, 0.1) is 0 Å². The number of nitrogens with zero attached hydrogens (tertiary/aromatic N) is 4. The van der Waals surface area contributed by atoms with Crippen molar-refractivity contribution < 1.29 is 0 Å². The Morgan fingerprint density at radius 3 is 3.00 bits per heavy atom. The number of nitrogens with one attached hydrogen (secondary N) is 2. The number of hydrogen-bond donors (Lipinski definition) is 2. The Morgan fingerprint density at radius 1 is 1.39 bits per heavy atom. The van der Waals surface area contributed by atoms with E-state index in [1.54, 1.807) is 11.0 Å². The van der Waals surface area contributed by atoms with Crippen molar-refractivity contribution in [2.75, 3.05) is 5.32 Å². The van der Waals surface area contributed by atoms with E-state index < -0.39 is 0 Å². The highest BCUT2D eigenvalue weighted by Gasteiger charge is 2.29. The molecule has 1 aliphatic rings. The van der Waals surface area contributed by atoms with Crippen LogP contribution in [0.2, 0.25) is 5.15 Å². The molecule has 0 radical (unpaired) electrons. The third-order valence-electron chi connectivity index (χ3n) is 4.02. The lowest BCUT2D eigenvalue weighted by atomic mass is 10.1. The smallest absolute Gasteiger partial charge is 0.181 e. The van der Waals surface area contributed by atoms with E-state index in [-0.39, 0.29) is 0 Å². The molecule has 0 amide bonds. The summed E-state index contributed by atoms with van der Waals surface area (Å²) < 4.78 is 1.70. The maximum Gasteiger partial charge on any atom is 0.181 e. The Labute approximate surface area is 138 Å². The Kier molecular flexibility index (Phi) is 3.53. The standard InChI is InChI=1S/C16H17ClN6/c1-23-9-19-16(22-23)11-3-2-4-12(7-11)18-8-13-14(10-5-6-10)20-21-15(13)17/h2-4,7,9-10,18H,5-6,8H2,1H3,(H,20,21). The molecule has 4 rings (SSSR count). The van der Waals surface area contributed by atoms with E-state index in [1.807, 2.05) is 31.3 Å². The van der Waals surface area contributed by atoms with Crippen molar-refractivity contribution >= 4 is 17.3 Å². The van der Waals surface area contributed by atoms with Crippen molar-refractivity contribution in [2.45, 2.75) is 25.3 Å². The number of hydrogen-bond acceptors (Lipinski definition) is 4. The fourth-order valence-electron chi connectivity index (χ4n) is 2.66. The lowest BCUT2D eigenvalue weighted by molar-refractivity contribution is 0.768. The molecule has 0 unspecified atom stereocenters. The molecular formula is C16H17ClN6. The minimum Gasteiger partial charge on any atom is -0.381 e. The molecule has 7 heteroatoms. The molecule has 23 heavy (non-hydrogen) atoms. The lowest BCUT2D eigenvalue weighted by Crippen LogP contribution is -2.02. The van der Waals surface area contributed by atoms with Gasteiger partial charge < -0.3 is 5.32 Å². The van der Waals surface area contributed by atoms with Gasteiger partial charge in [0.25, 0.3) is 0 Å². The molecule has 3 aromatic rings. The van der Waals surface area contributed by atoms with Crippen LogP contribution in [0.5, 0.6) is 0 Å². The number of rotatable bonds is 5. The topological polar surface area (TPSA) is 71.4 Å². The number of aromatic amines is 1. The molecular weight excluding hydrogens is 312 g/mol. The largest absolute Gasteiger partial charge is 0.381 e. The van der Waals surface area contributed by atoms with E-state index in [9.17, 15) is 0 Å². The Bertz CT molecular complexity index is 833. The first-order chi connectivity index (χ1) is 11.2. The summed E-state index contributed by atoms with van der Waals surface area (Å²) in [7, 11) is 1.86. The Hall–Kier alpha value is -2.34. The first-order valence-corrected chi connectivity index (χ1v) is 8.01. The van der Waals surface area contributed by atoms with Gasteiger partial charge in [-0.2, -0.15) is 10.2 Å². The van der Waals surface area contributed by atoms with Crippen LogP contribution in [0.4, 0.5) is 5.69 Å². The van der Waals surface area contributed by atoms with Crippen molar-refractivity contribution in [3.05, 3.63) is 47.0 Å². The molecule has 118 valence electrons. The van der Waals surface area contributed by atoms with Crippen molar-refractivity contribution in [2.24, 2.45) is 7.05 Å². The van der Waals surface area contributed by atoms with Gasteiger partial charge in [-0.3, -0.25) is 9.78 Å². The summed E-state index contributed by atoms with van der Waals surface area (Å²) >= 11 is 6.21. The van der Waals surface area contributed by atoms with Gasteiger partial charge in [0.15, 0.2) is 11.0 Å². The molecule has 1 saturated carbocycles. The summed E-state index contributed by atoms with van der Waals surface area (Å²) in [5, 5.41) is 15.5. The number of halogens is 1. The Morgan fingerprint density at radius 2 is 2.26 bits per heavy atom. The van der Waals surface area contributed by atoms with Crippen LogP contribution in [0, 0.1) is 0 Å². The van der Waals surface area contributed by atoms with Gasteiger partial charge in [0.2, 0.25) is 0 Å². The summed E-state index contributed by atoms with van der Waals surface area (Å²) in [5.74, 6) is 1.31. The number of aromatic nitrogens is 5. The zero-order valence-electron chi connectivity index (χ0n) is 12.8. The van der Waals surface area contributed by atoms with E-state index in [4.69, 9.17) is 11.6 Å². The number of aryl methyl sites for hydroxylation is 1. The van der Waals surface area contributed by atoms with E-state index in [1.165, 1.54) is 18.5 Å². The molecule has 0 bridgehead atoms. The van der Waals surface area contributed by atoms with E-state index in [0.29, 0.717) is 17.6 Å². The maximum atomic E-state index is 6.21. The monoisotopic (exact) mass is 328 g/mol. The summed E-state index contributed by atoms with van der Waals surface area (Å²) in [4.78, 5) is 4.28. The van der Waals surface area contributed by atoms with Crippen molar-refractivity contribution in [3.8, 4) is 11.4 Å². The van der Waals surface area contributed by atoms with Crippen molar-refractivity contribution in [3.63, 3.8) is 0 Å². The van der Waals surface area contributed by atoms with Gasteiger partial charge >= 0.3 is 0 Å². The zero-order valence-corrected chi connectivity index (χ0v) is 13.5. The molecule has 0 saturated heterocycles. The van der Waals surface area contributed by atoms with Gasteiger partial charge in [0, 0.05) is 42.0 Å². The number of benzene rings is 1. The average Bonchev–Trinajstić information content (AvgIpc) is 3.20. The second kappa shape index (κ2) is 5.70. The van der Waals surface area contributed by atoms with Gasteiger partial charge in [-0.15, -0.1) is 0 Å². The van der Waals surface area contributed by atoms with Crippen LogP contribution in [0.3, 0.4) is 0 Å². The Balaban J connectivity index is 1.52. The lowest BCUT2D eigenvalue weighted by Gasteiger charge is -2.08. The summed E-state index contributed by atoms with van der Waals surface area (Å²) in [6, 6.07) is 8.06. The molecule has 0 atom stereocenters. The van der Waals surface area contributed by atoms with Crippen LogP contribution in [0.25, 0.3) is 11.4 Å². The van der Waals surface area contributed by atoms with E-state index >= 15 is 0 Å². The van der Waals surface area contributed by atoms with Gasteiger partial charge in [0.1, 0.15) is 6.33 Å². The molecule has 0 spiro atoms. The number of anilines is 1. The van der Waals surface area contributed by atoms with Crippen LogP contribution in [0.15, 0.2) is 30.6 Å². The molecule has 1 fully saturated rings. The molecule has 0 aliphatic heterocycles. The molecule has 6 nitrogen and oxygen atoms in total. The van der Waals surface area contributed by atoms with Gasteiger partial charge in [-0.05, 0) is 25.0 Å². The highest BCUT2D eigenvalue weighted by molar-refractivity contribution is 6.30. The van der Waals surface area contributed by atoms with Crippen molar-refractivity contribution in [1.82, 2.24) is 25.0 Å². The second-order valence-electron chi connectivity index (χ2n) is 5.86. The van der Waals surface area contributed by atoms with E-state index in [0.717, 1.165) is 22.6 Å². The zero-order chi connectivity index (χ0) is 15.8. The maximum absolute atomic E-state index is 6.21. The third-order valence-corrected chi connectivity index (χ3v) is 4.34. The minimum absolute atomic E-state index is 0.557. The van der Waals surface area contributed by atoms with Crippen LogP contribution in [-0.4, -0.2) is 25.0 Å². The first kappa shape index (κ1) is 14.3. The van der Waals surface area contributed by atoms with Crippen molar-refractivity contribution in [1.29, 1.82) is 0 Å². The highest BCUT2D eigenvalue weighted by Crippen LogP contribution is 2.42. The third kappa shape index (κ3) is 2.94. The molecule has 2 heterocycles. The first-order valence-electron chi connectivity index (χ1n) is 7.63. The normalized spacial score (nSPS) is 14.2. The fourth-order valence-corrected chi connectivity index (χ4v) is 2.87. The summed E-state index contributed by atoms with van der Waals surface area (Å²) in [5.41, 5.74) is 4.23. The van der Waals surface area contributed by atoms with Gasteiger partial charge in [-0.25, -0.2) is 4.98 Å². The predicted octanol–water partition coefficient (Wildman–Crippen LogP) is 3.35. The van der Waals surface area contributed by atoms with E-state index in [2.05, 4.69) is 25.6 Å². The van der Waals surface area contributed by atoms with Gasteiger partial charge in [-0.1, -0.05) is 23.7 Å². The number of H-pyrrole nitrogens is 1. The van der Waals surface area contributed by atoms with Crippen LogP contribution in [0.1, 0.15) is 30.0 Å². The molecule has 1 aromatic carbocycles. The minimum atomic E-state index is 0.557. The molecule has 1 aliphatic carbocycles. The summed E-state index contributed by atoms with van der Waals surface area (Å²) in [6.45, 7) is 0.653. The van der Waals surface area contributed by atoms with Crippen LogP contribution >= 0.6 is 11.6 Å². The molecule has 2 N–H and O–H groups in total. The quantitative estimate of drug-likeness (QED) is 0.753. The van der Waals surface area contributed by atoms with Crippen LogP contribution < -0.4 is 5.32 Å². The molecule has 2 aromatic heterocycles. The SMILES string of the molecule is Cn1cnc(-c2cccc(NCc3c(Cl)n[nH]c3C3CC3)c2)n1. The average molecular weight is 329 g/mol. The van der Waals surface area contributed by atoms with Crippen LogP contribution in [-0.2, 0) is 13.6 Å².